The van der Waals surface area contributed by atoms with Crippen molar-refractivity contribution in [1.82, 2.24) is 15.8 Å². The van der Waals surface area contributed by atoms with Crippen LogP contribution in [0.1, 0.15) is 27.9 Å². The van der Waals surface area contributed by atoms with E-state index in [0.29, 0.717) is 5.56 Å². The van der Waals surface area contributed by atoms with Gasteiger partial charge in [0, 0.05) is 5.56 Å². The maximum Gasteiger partial charge on any atom is 0.269 e. The molecular weight excluding hydrogens is 350 g/mol. The Morgan fingerprint density at radius 3 is 2.58 bits per heavy atom. The minimum Gasteiger partial charge on any atom is -0.364 e. The second-order valence-corrected chi connectivity index (χ2v) is 6.74. The molecule has 0 aliphatic heterocycles. The molecule has 2 N–H and O–H groups in total. The van der Waals surface area contributed by atoms with Gasteiger partial charge in [-0.3, -0.25) is 20.4 Å². The zero-order chi connectivity index (χ0) is 18.4. The molecule has 0 atom stereocenters. The van der Waals surface area contributed by atoms with Crippen LogP contribution >= 0.6 is 11.3 Å². The lowest BCUT2D eigenvalue weighted by Crippen LogP contribution is -2.43. The minimum atomic E-state index is -0.426. The Hall–Kier alpha value is -2.77. The van der Waals surface area contributed by atoms with E-state index in [9.17, 15) is 9.59 Å². The van der Waals surface area contributed by atoms with E-state index < -0.39 is 5.91 Å². The zero-order valence-corrected chi connectivity index (χ0v) is 15.1. The molecule has 1 aromatic heterocycles. The number of carbonyl (C=O) groups is 2. The van der Waals surface area contributed by atoms with Gasteiger partial charge in [-0.2, -0.15) is 0 Å². The lowest BCUT2D eigenvalue weighted by Gasteiger charge is -2.08. The van der Waals surface area contributed by atoms with E-state index in [1.807, 2.05) is 43.3 Å². The molecule has 6 nitrogen and oxygen atoms in total. The number of amides is 2. The van der Waals surface area contributed by atoms with E-state index in [1.165, 1.54) is 11.3 Å². The molecule has 0 spiro atoms. The highest BCUT2D eigenvalue weighted by atomic mass is 32.1. The number of fused-ring (bicyclic) bond motifs is 1. The average molecular weight is 369 g/mol. The maximum atomic E-state index is 12.0. The Morgan fingerprint density at radius 2 is 1.85 bits per heavy atom. The van der Waals surface area contributed by atoms with Crippen LogP contribution in [0.3, 0.4) is 0 Å². The fourth-order valence-corrected chi connectivity index (χ4v) is 3.24. The number of aryl methyl sites for hydroxylation is 1. The largest absolute Gasteiger partial charge is 0.364 e. The number of nitrogens with one attached hydrogen (secondary N) is 2. The number of carbonyl (C=O) groups excluding carboxylic acids is 2. The van der Waals surface area contributed by atoms with Crippen molar-refractivity contribution in [2.45, 2.75) is 20.0 Å². The Kier molecular flexibility index (Phi) is 5.93. The molecule has 2 aromatic carbocycles. The van der Waals surface area contributed by atoms with Gasteiger partial charge in [0.2, 0.25) is 0 Å². The fraction of sp³-hybridized carbons (Fsp3) is 0.211. The first-order valence-electron chi connectivity index (χ1n) is 8.26. The standard InChI is InChI=1S/C19H19N3O3S/c1-2-13-7-9-14(10-8-13)19(24)22-21-17(23)11-25-12-18-20-15-5-3-4-6-16(15)26-18/h3-10H,2,11-12H2,1H3,(H,21,23)(H,22,24). The highest BCUT2D eigenvalue weighted by Crippen LogP contribution is 2.21. The highest BCUT2D eigenvalue weighted by molar-refractivity contribution is 7.18. The summed E-state index contributed by atoms with van der Waals surface area (Å²) in [5, 5.41) is 0.805. The molecule has 0 fully saturated rings. The Bertz CT molecular complexity index is 873. The van der Waals surface area contributed by atoms with Crippen LogP contribution in [0, 0.1) is 0 Å². The van der Waals surface area contributed by atoms with Gasteiger partial charge in [0.25, 0.3) is 11.8 Å². The molecule has 0 unspecified atom stereocenters. The topological polar surface area (TPSA) is 80.3 Å². The number of ether oxygens (including phenoxy) is 1. The molecule has 0 aliphatic rings. The normalized spacial score (nSPS) is 10.7. The van der Waals surface area contributed by atoms with E-state index in [1.54, 1.807) is 12.1 Å². The van der Waals surface area contributed by atoms with Crippen molar-refractivity contribution in [2.75, 3.05) is 6.61 Å². The molecule has 2 amide bonds. The molecule has 7 heteroatoms. The Balaban J connectivity index is 1.41. The van der Waals surface area contributed by atoms with E-state index in [4.69, 9.17) is 4.74 Å². The number of rotatable bonds is 6. The number of benzene rings is 2. The molecular formula is C19H19N3O3S. The maximum absolute atomic E-state index is 12.0. The van der Waals surface area contributed by atoms with Crippen LogP contribution in [0.2, 0.25) is 0 Å². The number of hydrogen-bond acceptors (Lipinski definition) is 5. The second-order valence-electron chi connectivity index (χ2n) is 5.62. The molecule has 3 aromatic rings. The summed E-state index contributed by atoms with van der Waals surface area (Å²) >= 11 is 1.53. The first kappa shape index (κ1) is 18.0. The van der Waals surface area contributed by atoms with Gasteiger partial charge in [-0.05, 0) is 36.2 Å². The first-order chi connectivity index (χ1) is 12.7. The van der Waals surface area contributed by atoms with Crippen LogP contribution in [0.4, 0.5) is 0 Å². The van der Waals surface area contributed by atoms with Crippen molar-refractivity contribution in [2.24, 2.45) is 0 Å². The van der Waals surface area contributed by atoms with Crippen LogP contribution in [0.25, 0.3) is 10.2 Å². The third kappa shape index (κ3) is 4.65. The molecule has 0 saturated carbocycles. The third-order valence-electron chi connectivity index (χ3n) is 3.74. The van der Waals surface area contributed by atoms with Gasteiger partial charge in [0.1, 0.15) is 11.6 Å². The van der Waals surface area contributed by atoms with Gasteiger partial charge in [-0.1, -0.05) is 31.2 Å². The number of thiazole rings is 1. The quantitative estimate of drug-likeness (QED) is 0.655. The molecule has 26 heavy (non-hydrogen) atoms. The van der Waals surface area contributed by atoms with Gasteiger partial charge in [-0.15, -0.1) is 11.3 Å². The molecule has 0 radical (unpaired) electrons. The van der Waals surface area contributed by atoms with E-state index in [2.05, 4.69) is 15.8 Å². The van der Waals surface area contributed by atoms with Crippen molar-refractivity contribution in [3.05, 3.63) is 64.7 Å². The van der Waals surface area contributed by atoms with E-state index >= 15 is 0 Å². The molecule has 0 aliphatic carbocycles. The summed E-state index contributed by atoms with van der Waals surface area (Å²) < 4.78 is 6.44. The van der Waals surface area contributed by atoms with Crippen LogP contribution in [0.15, 0.2) is 48.5 Å². The van der Waals surface area contributed by atoms with E-state index in [-0.39, 0.29) is 19.1 Å². The molecule has 0 saturated heterocycles. The summed E-state index contributed by atoms with van der Waals surface area (Å²) in [6, 6.07) is 15.0. The lowest BCUT2D eigenvalue weighted by molar-refractivity contribution is -0.126. The smallest absolute Gasteiger partial charge is 0.269 e. The first-order valence-corrected chi connectivity index (χ1v) is 9.07. The summed E-state index contributed by atoms with van der Waals surface area (Å²) in [5.74, 6) is -0.795. The van der Waals surface area contributed by atoms with Crippen LogP contribution in [0.5, 0.6) is 0 Å². The summed E-state index contributed by atoms with van der Waals surface area (Å²) in [7, 11) is 0. The van der Waals surface area contributed by atoms with Gasteiger partial charge < -0.3 is 4.74 Å². The number of aromatic nitrogens is 1. The monoisotopic (exact) mass is 369 g/mol. The third-order valence-corrected chi connectivity index (χ3v) is 4.75. The summed E-state index contributed by atoms with van der Waals surface area (Å²) in [5.41, 5.74) is 7.27. The van der Waals surface area contributed by atoms with Crippen molar-refractivity contribution in [3.63, 3.8) is 0 Å². The number of nitrogens with zero attached hydrogens (tertiary/aromatic N) is 1. The van der Waals surface area contributed by atoms with Crippen LogP contribution < -0.4 is 10.9 Å². The highest BCUT2D eigenvalue weighted by Gasteiger charge is 2.08. The fourth-order valence-electron chi connectivity index (χ4n) is 2.34. The van der Waals surface area contributed by atoms with E-state index in [0.717, 1.165) is 27.2 Å². The molecule has 1 heterocycles. The van der Waals surface area contributed by atoms with Gasteiger partial charge in [0.15, 0.2) is 0 Å². The minimum absolute atomic E-state index is 0.162. The SMILES string of the molecule is CCc1ccc(C(=O)NNC(=O)COCc2nc3ccccc3s2)cc1. The molecule has 3 rings (SSSR count). The Labute approximate surface area is 155 Å². The van der Waals surface area contributed by atoms with Gasteiger partial charge >= 0.3 is 0 Å². The zero-order valence-electron chi connectivity index (χ0n) is 14.3. The summed E-state index contributed by atoms with van der Waals surface area (Å²) in [6.07, 6.45) is 0.907. The van der Waals surface area contributed by atoms with Crippen LogP contribution in [-0.4, -0.2) is 23.4 Å². The predicted molar refractivity (Wildman–Crippen MR) is 101 cm³/mol. The molecule has 0 bridgehead atoms. The van der Waals surface area contributed by atoms with Gasteiger partial charge in [-0.25, -0.2) is 4.98 Å². The van der Waals surface area contributed by atoms with Crippen molar-refractivity contribution in [3.8, 4) is 0 Å². The second kappa shape index (κ2) is 8.55. The van der Waals surface area contributed by atoms with Crippen molar-refractivity contribution in [1.29, 1.82) is 0 Å². The molecule has 134 valence electrons. The number of para-hydroxylation sites is 1. The number of hydrogen-bond donors (Lipinski definition) is 2. The lowest BCUT2D eigenvalue weighted by atomic mass is 10.1. The van der Waals surface area contributed by atoms with Crippen molar-refractivity contribution >= 4 is 33.4 Å². The summed E-state index contributed by atoms with van der Waals surface area (Å²) in [6.45, 7) is 2.13. The van der Waals surface area contributed by atoms with Crippen LogP contribution in [-0.2, 0) is 22.6 Å². The van der Waals surface area contributed by atoms with Gasteiger partial charge in [0.05, 0.1) is 16.8 Å². The predicted octanol–water partition coefficient (Wildman–Crippen LogP) is 2.84. The Morgan fingerprint density at radius 1 is 1.08 bits per heavy atom. The summed E-state index contributed by atoms with van der Waals surface area (Å²) in [4.78, 5) is 28.2. The van der Waals surface area contributed by atoms with Crippen molar-refractivity contribution < 1.29 is 14.3 Å². The number of hydrazine groups is 1. The average Bonchev–Trinajstić information content (AvgIpc) is 3.09.